The zero-order valence-electron chi connectivity index (χ0n) is 22.0. The molecule has 1 aromatic rings. The zero-order chi connectivity index (χ0) is 27.1. The molecule has 214 valence electrons. The van der Waals surface area contributed by atoms with Crippen LogP contribution in [0.5, 0.6) is 0 Å². The van der Waals surface area contributed by atoms with Crippen LogP contribution < -0.4 is 11.2 Å². The number of ether oxygens (including phenoxy) is 2. The molecule has 4 atom stereocenters. The molecule has 0 aromatic carbocycles. The zero-order valence-corrected chi connectivity index (χ0v) is 22.9. The molecule has 11 nitrogen and oxygen atoms in total. The molecular formula is C25H45N2O9P. The summed E-state index contributed by atoms with van der Waals surface area (Å²) in [7, 11) is -4.93. The third kappa shape index (κ3) is 11.9. The molecule has 0 radical (unpaired) electrons. The lowest BCUT2D eigenvalue weighted by atomic mass is 10.0. The first kappa shape index (κ1) is 31.9. The highest BCUT2D eigenvalue weighted by Gasteiger charge is 2.49. The number of hydrogen-bond donors (Lipinski definition) is 4. The number of nitrogens with one attached hydrogen (secondary N) is 1. The maximum Gasteiger partial charge on any atom is 0.470 e. The molecule has 4 N–H and O–H groups in total. The Hall–Kier alpha value is -1.33. The minimum atomic E-state index is -4.93. The highest BCUT2D eigenvalue weighted by Crippen LogP contribution is 2.44. The van der Waals surface area contributed by atoms with E-state index in [0.29, 0.717) is 6.42 Å². The predicted molar refractivity (Wildman–Crippen MR) is 139 cm³/mol. The third-order valence-corrected chi connectivity index (χ3v) is 7.18. The molecule has 1 aromatic heterocycles. The molecule has 0 unspecified atom stereocenters. The van der Waals surface area contributed by atoms with Crippen molar-refractivity contribution in [3.05, 3.63) is 33.1 Å². The van der Waals surface area contributed by atoms with Crippen LogP contribution in [0.1, 0.15) is 103 Å². The number of H-pyrrole nitrogens is 1. The van der Waals surface area contributed by atoms with Crippen molar-refractivity contribution in [3.8, 4) is 0 Å². The largest absolute Gasteiger partial charge is 0.470 e. The fourth-order valence-corrected chi connectivity index (χ4v) is 5.26. The molecule has 1 fully saturated rings. The van der Waals surface area contributed by atoms with Crippen molar-refractivity contribution in [1.82, 2.24) is 9.55 Å². The molecule has 1 saturated heterocycles. The van der Waals surface area contributed by atoms with Gasteiger partial charge in [0.2, 0.25) is 0 Å². The quantitative estimate of drug-likeness (QED) is 0.140. The van der Waals surface area contributed by atoms with Gasteiger partial charge in [0.1, 0.15) is 18.3 Å². The molecule has 2 heterocycles. The van der Waals surface area contributed by atoms with Gasteiger partial charge in [-0.3, -0.25) is 18.9 Å². The van der Waals surface area contributed by atoms with E-state index in [4.69, 9.17) is 14.0 Å². The van der Waals surface area contributed by atoms with Gasteiger partial charge >= 0.3 is 13.5 Å². The molecule has 0 aliphatic carbocycles. The molecule has 0 saturated carbocycles. The highest BCUT2D eigenvalue weighted by molar-refractivity contribution is 7.46. The average Bonchev–Trinajstić information content (AvgIpc) is 3.17. The van der Waals surface area contributed by atoms with Crippen molar-refractivity contribution in [3.63, 3.8) is 0 Å². The van der Waals surface area contributed by atoms with Gasteiger partial charge in [0.15, 0.2) is 6.23 Å². The smallest absolute Gasteiger partial charge is 0.394 e. The second-order valence-electron chi connectivity index (χ2n) is 9.76. The van der Waals surface area contributed by atoms with Gasteiger partial charge < -0.3 is 24.4 Å². The van der Waals surface area contributed by atoms with Gasteiger partial charge in [0.05, 0.1) is 6.61 Å². The number of rotatable bonds is 20. The Morgan fingerprint density at radius 2 is 1.46 bits per heavy atom. The van der Waals surface area contributed by atoms with Crippen molar-refractivity contribution in [2.24, 2.45) is 0 Å². The fourth-order valence-electron chi connectivity index (χ4n) is 4.69. The Balaban J connectivity index is 1.75. The Kier molecular flexibility index (Phi) is 14.9. The average molecular weight is 549 g/mol. The molecule has 0 bridgehead atoms. The Labute approximate surface area is 218 Å². The molecule has 12 heteroatoms. The van der Waals surface area contributed by atoms with Gasteiger partial charge in [0.25, 0.3) is 5.56 Å². The van der Waals surface area contributed by atoms with E-state index in [-0.39, 0.29) is 6.61 Å². The van der Waals surface area contributed by atoms with Crippen molar-refractivity contribution < 1.29 is 33.5 Å². The molecule has 37 heavy (non-hydrogen) atoms. The summed E-state index contributed by atoms with van der Waals surface area (Å²) >= 11 is 0. The predicted octanol–water partition coefficient (Wildman–Crippen LogP) is 3.77. The molecular weight excluding hydrogens is 503 g/mol. The summed E-state index contributed by atoms with van der Waals surface area (Å²) in [5.41, 5.74) is -1.36. The number of nitrogens with zero attached hydrogens (tertiary/aromatic N) is 1. The maximum absolute atomic E-state index is 12.3. The number of phosphoric ester groups is 1. The standard InChI is InChI=1S/C25H45N2O9P/c1-2-3-4-5-6-7-8-9-10-11-12-13-14-15-18-34-23-22(36-37(31,32)33)20(19-28)35-24(23)27-17-16-21(29)26-25(27)30/h16-17,20,22-24,28H,2-15,18-19H2,1H3,(H,26,29,30)(H2,31,32,33)/t20-,22-,23-,24-/m1/s1. The van der Waals surface area contributed by atoms with Gasteiger partial charge in [-0.2, -0.15) is 0 Å². The lowest BCUT2D eigenvalue weighted by molar-refractivity contribution is -0.0747. The number of phosphoric acid groups is 1. The van der Waals surface area contributed by atoms with Crippen molar-refractivity contribution in [2.75, 3.05) is 13.2 Å². The maximum atomic E-state index is 12.3. The van der Waals surface area contributed by atoms with Crippen LogP contribution in [0, 0.1) is 0 Å². The normalized spacial score (nSPS) is 22.1. The number of aromatic amines is 1. The van der Waals surface area contributed by atoms with Crippen molar-refractivity contribution >= 4 is 7.82 Å². The summed E-state index contributed by atoms with van der Waals surface area (Å²) < 4.78 is 29.0. The number of aliphatic hydroxyl groups is 1. The number of hydrogen-bond acceptors (Lipinski definition) is 7. The molecule has 0 spiro atoms. The van der Waals surface area contributed by atoms with Crippen LogP contribution >= 0.6 is 7.82 Å². The fraction of sp³-hybridized carbons (Fsp3) is 0.840. The summed E-state index contributed by atoms with van der Waals surface area (Å²) in [5, 5.41) is 9.67. The van der Waals surface area contributed by atoms with E-state index in [1.807, 2.05) is 0 Å². The monoisotopic (exact) mass is 548 g/mol. The van der Waals surface area contributed by atoms with Crippen molar-refractivity contribution in [1.29, 1.82) is 0 Å². The van der Waals surface area contributed by atoms with E-state index < -0.39 is 50.2 Å². The summed E-state index contributed by atoms with van der Waals surface area (Å²) in [6.07, 6.45) is 13.5. The first-order valence-electron chi connectivity index (χ1n) is 13.7. The molecule has 1 aliphatic heterocycles. The molecule has 0 amide bonds. The Bertz CT molecular complexity index is 916. The van der Waals surface area contributed by atoms with Crippen LogP contribution in [0.25, 0.3) is 0 Å². The summed E-state index contributed by atoms with van der Waals surface area (Å²) in [6, 6.07) is 1.13. The first-order valence-corrected chi connectivity index (χ1v) is 15.2. The lowest BCUT2D eigenvalue weighted by Crippen LogP contribution is -2.40. The van der Waals surface area contributed by atoms with Gasteiger partial charge in [-0.25, -0.2) is 9.36 Å². The number of aromatic nitrogens is 2. The third-order valence-electron chi connectivity index (χ3n) is 6.66. The van der Waals surface area contributed by atoms with Crippen LogP contribution in [0.2, 0.25) is 0 Å². The highest BCUT2D eigenvalue weighted by atomic mass is 31.2. The van der Waals surface area contributed by atoms with E-state index in [1.165, 1.54) is 70.4 Å². The molecule has 2 rings (SSSR count). The van der Waals surface area contributed by atoms with Crippen LogP contribution in [0.15, 0.2) is 21.9 Å². The van der Waals surface area contributed by atoms with Crippen LogP contribution in [0.4, 0.5) is 0 Å². The minimum absolute atomic E-state index is 0.264. The minimum Gasteiger partial charge on any atom is -0.394 e. The lowest BCUT2D eigenvalue weighted by Gasteiger charge is -2.25. The summed E-state index contributed by atoms with van der Waals surface area (Å²) in [5.74, 6) is 0. The van der Waals surface area contributed by atoms with Gasteiger partial charge in [-0.1, -0.05) is 90.4 Å². The second-order valence-corrected chi connectivity index (χ2v) is 10.9. The number of unbranched alkanes of at least 4 members (excludes halogenated alkanes) is 13. The summed E-state index contributed by atoms with van der Waals surface area (Å²) in [4.78, 5) is 44.5. The van der Waals surface area contributed by atoms with E-state index in [1.54, 1.807) is 0 Å². The molecule has 1 aliphatic rings. The van der Waals surface area contributed by atoms with Crippen LogP contribution in [-0.4, -0.2) is 56.0 Å². The van der Waals surface area contributed by atoms with Crippen LogP contribution in [0.3, 0.4) is 0 Å². The first-order chi connectivity index (χ1) is 17.8. The van der Waals surface area contributed by atoms with Gasteiger partial charge in [-0.05, 0) is 6.42 Å². The van der Waals surface area contributed by atoms with Gasteiger partial charge in [0, 0.05) is 18.9 Å². The SMILES string of the molecule is CCCCCCCCCCCCCCCCO[C@@H]1[C@H](OP(=O)(O)O)[C@@H](CO)O[C@H]1n1ccc(=O)[nH]c1=O. The van der Waals surface area contributed by atoms with E-state index >= 15 is 0 Å². The van der Waals surface area contributed by atoms with Gasteiger partial charge in [-0.15, -0.1) is 0 Å². The second kappa shape index (κ2) is 17.3. The van der Waals surface area contributed by atoms with Crippen molar-refractivity contribution in [2.45, 2.75) is 121 Å². The van der Waals surface area contributed by atoms with E-state index in [9.17, 15) is 29.0 Å². The van der Waals surface area contributed by atoms with Crippen LogP contribution in [-0.2, 0) is 18.6 Å². The Morgan fingerprint density at radius 3 is 1.95 bits per heavy atom. The van der Waals surface area contributed by atoms with E-state index in [2.05, 4.69) is 11.9 Å². The summed E-state index contributed by atoms with van der Waals surface area (Å²) in [6.45, 7) is 1.90. The topological polar surface area (TPSA) is 160 Å². The number of aliphatic hydroxyl groups excluding tert-OH is 1. The van der Waals surface area contributed by atoms with E-state index in [0.717, 1.165) is 29.9 Å². The Morgan fingerprint density at radius 1 is 0.919 bits per heavy atom.